The van der Waals surface area contributed by atoms with Gasteiger partial charge in [-0.05, 0) is 20.3 Å². The Morgan fingerprint density at radius 2 is 2.54 bits per heavy atom. The maximum absolute atomic E-state index is 11.2. The van der Waals surface area contributed by atoms with E-state index in [2.05, 4.69) is 10.3 Å². The van der Waals surface area contributed by atoms with Crippen molar-refractivity contribution in [2.75, 3.05) is 13.2 Å². The molecule has 0 aliphatic carbocycles. The van der Waals surface area contributed by atoms with Crippen LogP contribution in [0.5, 0.6) is 0 Å². The molecule has 13 heavy (non-hydrogen) atoms. The van der Waals surface area contributed by atoms with E-state index >= 15 is 0 Å². The van der Waals surface area contributed by atoms with E-state index in [1.807, 2.05) is 0 Å². The van der Waals surface area contributed by atoms with Crippen LogP contribution < -0.4 is 5.32 Å². The molecule has 0 saturated heterocycles. The van der Waals surface area contributed by atoms with Gasteiger partial charge in [0.1, 0.15) is 6.04 Å². The zero-order valence-corrected chi connectivity index (χ0v) is 8.17. The minimum absolute atomic E-state index is 0.211. The topological polar surface area (TPSA) is 50.7 Å². The van der Waals surface area contributed by atoms with Crippen LogP contribution in [0.25, 0.3) is 0 Å². The predicted octanol–water partition coefficient (Wildman–Crippen LogP) is 0.720. The second-order valence-electron chi connectivity index (χ2n) is 3.05. The van der Waals surface area contributed by atoms with Crippen molar-refractivity contribution in [3.05, 3.63) is 0 Å². The van der Waals surface area contributed by atoms with E-state index in [1.165, 1.54) is 0 Å². The van der Waals surface area contributed by atoms with Crippen molar-refractivity contribution >= 4 is 11.8 Å². The van der Waals surface area contributed by atoms with Crippen molar-refractivity contribution in [3.8, 4) is 0 Å². The first-order valence-electron chi connectivity index (χ1n) is 4.70. The molecule has 0 aromatic carbocycles. The van der Waals surface area contributed by atoms with Gasteiger partial charge in [0.2, 0.25) is 0 Å². The van der Waals surface area contributed by atoms with Gasteiger partial charge in [-0.2, -0.15) is 0 Å². The number of nitrogens with one attached hydrogen (secondary N) is 1. The largest absolute Gasteiger partial charge is 0.464 e. The first kappa shape index (κ1) is 10.0. The summed E-state index contributed by atoms with van der Waals surface area (Å²) in [5.41, 5.74) is 0. The van der Waals surface area contributed by atoms with E-state index < -0.39 is 0 Å². The van der Waals surface area contributed by atoms with Gasteiger partial charge in [-0.25, -0.2) is 4.79 Å². The molecule has 0 saturated carbocycles. The summed E-state index contributed by atoms with van der Waals surface area (Å²) in [6.07, 6.45) is 2.03. The SMILES string of the molecule is CCOC(=O)C(C)NC1=NCCC1. The summed E-state index contributed by atoms with van der Waals surface area (Å²) < 4.78 is 4.86. The van der Waals surface area contributed by atoms with Crippen molar-refractivity contribution < 1.29 is 9.53 Å². The van der Waals surface area contributed by atoms with Gasteiger partial charge >= 0.3 is 5.97 Å². The molecule has 1 unspecified atom stereocenters. The Labute approximate surface area is 78.4 Å². The maximum atomic E-state index is 11.2. The van der Waals surface area contributed by atoms with Crippen LogP contribution in [0, 0.1) is 0 Å². The summed E-state index contributed by atoms with van der Waals surface area (Å²) in [6, 6.07) is -0.281. The van der Waals surface area contributed by atoms with Crippen molar-refractivity contribution in [3.63, 3.8) is 0 Å². The van der Waals surface area contributed by atoms with Crippen molar-refractivity contribution in [1.29, 1.82) is 0 Å². The quantitative estimate of drug-likeness (QED) is 0.657. The molecular formula is C9H16N2O2. The molecule has 0 aromatic rings. The minimum atomic E-state index is -0.281. The van der Waals surface area contributed by atoms with Gasteiger partial charge in [0.05, 0.1) is 12.4 Å². The number of hydrogen-bond donors (Lipinski definition) is 1. The van der Waals surface area contributed by atoms with Gasteiger partial charge in [-0.3, -0.25) is 4.99 Å². The van der Waals surface area contributed by atoms with Crippen LogP contribution in [0.2, 0.25) is 0 Å². The molecule has 0 amide bonds. The molecule has 0 aromatic heterocycles. The third-order valence-electron chi connectivity index (χ3n) is 1.90. The highest BCUT2D eigenvalue weighted by molar-refractivity contribution is 5.88. The number of esters is 1. The Bertz CT molecular complexity index is 214. The lowest BCUT2D eigenvalue weighted by molar-refractivity contribution is -0.144. The van der Waals surface area contributed by atoms with E-state index in [9.17, 15) is 4.79 Å². The molecule has 0 radical (unpaired) electrons. The summed E-state index contributed by atoms with van der Waals surface area (Å²) in [4.78, 5) is 15.4. The Morgan fingerprint density at radius 1 is 1.77 bits per heavy atom. The van der Waals surface area contributed by atoms with E-state index in [-0.39, 0.29) is 12.0 Å². The second kappa shape index (κ2) is 4.84. The summed E-state index contributed by atoms with van der Waals surface area (Å²) in [5, 5.41) is 3.04. The first-order valence-corrected chi connectivity index (χ1v) is 4.70. The number of aliphatic imine (C=N–C) groups is 1. The van der Waals surface area contributed by atoms with Crippen LogP contribution in [-0.2, 0) is 9.53 Å². The van der Waals surface area contributed by atoms with Crippen LogP contribution in [0.1, 0.15) is 26.7 Å². The van der Waals surface area contributed by atoms with Crippen LogP contribution in [-0.4, -0.2) is 31.0 Å². The summed E-state index contributed by atoms with van der Waals surface area (Å²) in [7, 11) is 0. The van der Waals surface area contributed by atoms with Crippen molar-refractivity contribution in [2.45, 2.75) is 32.7 Å². The Kier molecular flexibility index (Phi) is 3.73. The van der Waals surface area contributed by atoms with E-state index in [4.69, 9.17) is 4.74 Å². The molecule has 0 bridgehead atoms. The zero-order chi connectivity index (χ0) is 9.68. The van der Waals surface area contributed by atoms with E-state index in [1.54, 1.807) is 13.8 Å². The standard InChI is InChI=1S/C9H16N2O2/c1-3-13-9(12)7(2)11-8-5-4-6-10-8/h7H,3-6H2,1-2H3,(H,10,11). The lowest BCUT2D eigenvalue weighted by atomic mass is 10.3. The minimum Gasteiger partial charge on any atom is -0.464 e. The lowest BCUT2D eigenvalue weighted by Crippen LogP contribution is -2.38. The average molecular weight is 184 g/mol. The fourth-order valence-electron chi connectivity index (χ4n) is 1.23. The monoisotopic (exact) mass is 184 g/mol. The van der Waals surface area contributed by atoms with Gasteiger partial charge in [0.15, 0.2) is 0 Å². The highest BCUT2D eigenvalue weighted by Crippen LogP contribution is 2.02. The molecule has 0 spiro atoms. The fraction of sp³-hybridized carbons (Fsp3) is 0.778. The molecule has 1 aliphatic rings. The number of ether oxygens (including phenoxy) is 1. The third kappa shape index (κ3) is 3.05. The van der Waals surface area contributed by atoms with Crippen LogP contribution in [0.15, 0.2) is 4.99 Å². The highest BCUT2D eigenvalue weighted by Gasteiger charge is 2.16. The molecule has 0 fully saturated rings. The number of nitrogens with zero attached hydrogens (tertiary/aromatic N) is 1. The van der Waals surface area contributed by atoms with Crippen LogP contribution >= 0.6 is 0 Å². The molecule has 4 heteroatoms. The molecule has 1 rings (SSSR count). The summed E-state index contributed by atoms with van der Waals surface area (Å²) in [5.74, 6) is 0.720. The number of carbonyl (C=O) groups is 1. The number of rotatable bonds is 3. The van der Waals surface area contributed by atoms with Crippen molar-refractivity contribution in [1.82, 2.24) is 5.32 Å². The number of hydrogen-bond acceptors (Lipinski definition) is 4. The summed E-state index contributed by atoms with van der Waals surface area (Å²) in [6.45, 7) is 4.89. The van der Waals surface area contributed by atoms with Gasteiger partial charge in [-0.1, -0.05) is 0 Å². The van der Waals surface area contributed by atoms with Gasteiger partial charge in [0.25, 0.3) is 0 Å². The van der Waals surface area contributed by atoms with E-state index in [0.717, 1.165) is 25.2 Å². The molecule has 4 nitrogen and oxygen atoms in total. The normalized spacial score (nSPS) is 17.8. The van der Waals surface area contributed by atoms with Gasteiger partial charge in [0, 0.05) is 13.0 Å². The zero-order valence-electron chi connectivity index (χ0n) is 8.17. The maximum Gasteiger partial charge on any atom is 0.328 e. The Hall–Kier alpha value is -1.06. The van der Waals surface area contributed by atoms with Gasteiger partial charge < -0.3 is 10.1 Å². The second-order valence-corrected chi connectivity index (χ2v) is 3.05. The van der Waals surface area contributed by atoms with Crippen molar-refractivity contribution in [2.24, 2.45) is 4.99 Å². The molecule has 1 aliphatic heterocycles. The molecular weight excluding hydrogens is 168 g/mol. The lowest BCUT2D eigenvalue weighted by Gasteiger charge is -2.12. The van der Waals surface area contributed by atoms with Gasteiger partial charge in [-0.15, -0.1) is 0 Å². The van der Waals surface area contributed by atoms with Crippen LogP contribution in [0.3, 0.4) is 0 Å². The predicted molar refractivity (Wildman–Crippen MR) is 50.8 cm³/mol. The molecule has 74 valence electrons. The Balaban J connectivity index is 2.31. The molecule has 1 heterocycles. The highest BCUT2D eigenvalue weighted by atomic mass is 16.5. The fourth-order valence-corrected chi connectivity index (χ4v) is 1.23. The molecule has 1 atom stereocenters. The average Bonchev–Trinajstić information content (AvgIpc) is 2.57. The number of amidine groups is 1. The smallest absolute Gasteiger partial charge is 0.328 e. The number of carbonyl (C=O) groups excluding carboxylic acids is 1. The first-order chi connectivity index (χ1) is 6.24. The summed E-state index contributed by atoms with van der Waals surface area (Å²) >= 11 is 0. The van der Waals surface area contributed by atoms with E-state index in [0.29, 0.717) is 6.61 Å². The van der Waals surface area contributed by atoms with Crippen LogP contribution in [0.4, 0.5) is 0 Å². The third-order valence-corrected chi connectivity index (χ3v) is 1.90. The Morgan fingerprint density at radius 3 is 3.08 bits per heavy atom. The molecule has 1 N–H and O–H groups in total.